The molecule has 0 atom stereocenters. The van der Waals surface area contributed by atoms with Crippen LogP contribution < -0.4 is 15.0 Å². The van der Waals surface area contributed by atoms with Gasteiger partial charge >= 0.3 is 12.1 Å². The van der Waals surface area contributed by atoms with Crippen molar-refractivity contribution in [3.63, 3.8) is 0 Å². The number of hydrogen-bond acceptors (Lipinski definition) is 10. The second-order valence-electron chi connectivity index (χ2n) is 9.42. The van der Waals surface area contributed by atoms with E-state index in [0.29, 0.717) is 23.8 Å². The predicted molar refractivity (Wildman–Crippen MR) is 145 cm³/mol. The van der Waals surface area contributed by atoms with Gasteiger partial charge in [0.05, 0.1) is 28.5 Å². The molecular weight excluding hydrogens is 617 g/mol. The van der Waals surface area contributed by atoms with Gasteiger partial charge in [0.1, 0.15) is 11.6 Å². The van der Waals surface area contributed by atoms with Crippen molar-refractivity contribution in [2.75, 3.05) is 23.3 Å². The highest BCUT2D eigenvalue weighted by Crippen LogP contribution is 2.41. The highest BCUT2D eigenvalue weighted by atomic mass is 79.9. The van der Waals surface area contributed by atoms with Gasteiger partial charge in [0.15, 0.2) is 5.82 Å². The molecule has 0 aromatic carbocycles. The maximum absolute atomic E-state index is 10.6. The standard InChI is InChI=1S/C22H23BrN8OS.C2HF3O2/c1-13-18(23)19-20(33-13)21(30-11-16(12-30)32-17-9-24-4-5-25-17)29-22(28-19)27-15-7-14(8-15)10-31-6-2-3-26-31;3-2(4,5)1(6)7/h2-6,9,14-16H,7-8,10-12H2,1H3,(H,27,28,29);(H,6,7). The molecule has 1 saturated heterocycles. The van der Waals surface area contributed by atoms with Crippen LogP contribution in [-0.4, -0.2) is 72.2 Å². The number of halogens is 4. The molecule has 2 aliphatic rings. The number of carboxylic acids is 1. The molecule has 1 saturated carbocycles. The summed E-state index contributed by atoms with van der Waals surface area (Å²) in [5, 5.41) is 15.0. The minimum absolute atomic E-state index is 0.0716. The lowest BCUT2D eigenvalue weighted by atomic mass is 9.80. The molecule has 1 aliphatic heterocycles. The maximum Gasteiger partial charge on any atom is 0.490 e. The van der Waals surface area contributed by atoms with Crippen molar-refractivity contribution in [3.05, 3.63) is 46.4 Å². The van der Waals surface area contributed by atoms with Crippen LogP contribution in [0.15, 0.2) is 41.5 Å². The van der Waals surface area contributed by atoms with E-state index < -0.39 is 12.1 Å². The third kappa shape index (κ3) is 6.43. The van der Waals surface area contributed by atoms with Crippen LogP contribution in [0.1, 0.15) is 17.7 Å². The number of aryl methyl sites for hydroxylation is 1. The molecule has 0 spiro atoms. The van der Waals surface area contributed by atoms with Crippen LogP contribution in [-0.2, 0) is 11.3 Å². The Morgan fingerprint density at radius 1 is 1.25 bits per heavy atom. The van der Waals surface area contributed by atoms with Crippen molar-refractivity contribution in [1.29, 1.82) is 0 Å². The number of rotatable bonds is 7. The summed E-state index contributed by atoms with van der Waals surface area (Å²) in [6.45, 7) is 4.58. The highest BCUT2D eigenvalue weighted by Gasteiger charge is 2.38. The molecule has 0 radical (unpaired) electrons. The topological polar surface area (TPSA) is 131 Å². The Kier molecular flexibility index (Phi) is 8.07. The Balaban J connectivity index is 0.000000411. The van der Waals surface area contributed by atoms with Gasteiger partial charge in [-0.2, -0.15) is 23.3 Å². The molecular formula is C24H24BrF3N8O3S. The lowest BCUT2D eigenvalue weighted by molar-refractivity contribution is -0.192. The lowest BCUT2D eigenvalue weighted by Gasteiger charge is -2.40. The van der Waals surface area contributed by atoms with Gasteiger partial charge in [-0.15, -0.1) is 11.3 Å². The van der Waals surface area contributed by atoms with Crippen molar-refractivity contribution < 1.29 is 27.8 Å². The Morgan fingerprint density at radius 3 is 2.62 bits per heavy atom. The predicted octanol–water partition coefficient (Wildman–Crippen LogP) is 4.54. The zero-order valence-electron chi connectivity index (χ0n) is 21.0. The summed E-state index contributed by atoms with van der Waals surface area (Å²) >= 11 is 5.45. The number of nitrogens with zero attached hydrogens (tertiary/aromatic N) is 7. The number of carbonyl (C=O) groups is 1. The lowest BCUT2D eigenvalue weighted by Crippen LogP contribution is -2.54. The van der Waals surface area contributed by atoms with E-state index in [1.807, 2.05) is 23.1 Å². The smallest absolute Gasteiger partial charge is 0.475 e. The fourth-order valence-corrected chi connectivity index (χ4v) is 6.05. The number of fused-ring (bicyclic) bond motifs is 1. The first-order valence-electron chi connectivity index (χ1n) is 12.2. The zero-order chi connectivity index (χ0) is 28.4. The molecule has 4 aromatic rings. The van der Waals surface area contributed by atoms with E-state index in [4.69, 9.17) is 24.6 Å². The summed E-state index contributed by atoms with van der Waals surface area (Å²) in [4.78, 5) is 30.4. The third-order valence-electron chi connectivity index (χ3n) is 6.41. The number of nitrogens with one attached hydrogen (secondary N) is 1. The number of alkyl halides is 3. The summed E-state index contributed by atoms with van der Waals surface area (Å²) in [6, 6.07) is 2.36. The molecule has 6 rings (SSSR count). The average Bonchev–Trinajstić information content (AvgIpc) is 3.48. The molecule has 212 valence electrons. The maximum atomic E-state index is 10.6. The van der Waals surface area contributed by atoms with Gasteiger partial charge in [-0.3, -0.25) is 9.67 Å². The van der Waals surface area contributed by atoms with Crippen molar-refractivity contribution in [3.8, 4) is 5.88 Å². The first-order chi connectivity index (χ1) is 19.1. The van der Waals surface area contributed by atoms with Gasteiger partial charge in [0.25, 0.3) is 0 Å². The molecule has 0 unspecified atom stereocenters. The number of thiophene rings is 1. The first kappa shape index (κ1) is 28.0. The third-order valence-corrected chi connectivity index (χ3v) is 8.73. The van der Waals surface area contributed by atoms with Gasteiger partial charge in [-0.25, -0.2) is 14.8 Å². The first-order valence-corrected chi connectivity index (χ1v) is 13.9. The Morgan fingerprint density at radius 2 is 2.00 bits per heavy atom. The normalized spacial score (nSPS) is 18.9. The molecule has 40 heavy (non-hydrogen) atoms. The number of ether oxygens (including phenoxy) is 1. The van der Waals surface area contributed by atoms with E-state index >= 15 is 0 Å². The summed E-state index contributed by atoms with van der Waals surface area (Å²) in [6.07, 6.45) is 5.96. The van der Waals surface area contributed by atoms with Gasteiger partial charge in [0.2, 0.25) is 11.8 Å². The quantitative estimate of drug-likeness (QED) is 0.297. The fraction of sp³-hybridized carbons (Fsp3) is 0.417. The van der Waals surface area contributed by atoms with Crippen LogP contribution in [0.4, 0.5) is 24.9 Å². The number of carboxylic acid groups (broad SMARTS) is 1. The molecule has 1 aliphatic carbocycles. The SMILES string of the molecule is Cc1sc2c(N3CC(Oc4cnccn4)C3)nc(NC3CC(Cn4cccn4)C3)nc2c1Br.O=C(O)C(F)(F)F. The van der Waals surface area contributed by atoms with Crippen LogP contribution in [0, 0.1) is 12.8 Å². The fourth-order valence-electron chi connectivity index (χ4n) is 4.39. The number of anilines is 2. The molecule has 5 heterocycles. The molecule has 0 amide bonds. The van der Waals surface area contributed by atoms with E-state index in [9.17, 15) is 13.2 Å². The molecule has 11 nitrogen and oxygen atoms in total. The second kappa shape index (κ2) is 11.5. The van der Waals surface area contributed by atoms with Crippen molar-refractivity contribution in [2.24, 2.45) is 5.92 Å². The van der Waals surface area contributed by atoms with Gasteiger partial charge in [-0.1, -0.05) is 0 Å². The van der Waals surface area contributed by atoms with Crippen molar-refractivity contribution in [1.82, 2.24) is 29.7 Å². The van der Waals surface area contributed by atoms with Crippen LogP contribution in [0.5, 0.6) is 5.88 Å². The van der Waals surface area contributed by atoms with Crippen LogP contribution in [0.3, 0.4) is 0 Å². The molecule has 2 fully saturated rings. The van der Waals surface area contributed by atoms with E-state index in [2.05, 4.69) is 48.1 Å². The molecule has 4 aromatic heterocycles. The Labute approximate surface area is 238 Å². The summed E-state index contributed by atoms with van der Waals surface area (Å²) in [7, 11) is 0. The van der Waals surface area contributed by atoms with Gasteiger partial charge in [-0.05, 0) is 47.7 Å². The van der Waals surface area contributed by atoms with E-state index in [0.717, 1.165) is 53.0 Å². The zero-order valence-corrected chi connectivity index (χ0v) is 23.4. The van der Waals surface area contributed by atoms with Crippen LogP contribution >= 0.6 is 27.3 Å². The van der Waals surface area contributed by atoms with Gasteiger partial charge < -0.3 is 20.1 Å². The Bertz CT molecular complexity index is 1460. The van der Waals surface area contributed by atoms with Crippen LogP contribution in [0.2, 0.25) is 0 Å². The molecule has 0 bridgehead atoms. The monoisotopic (exact) mass is 640 g/mol. The average molecular weight is 641 g/mol. The highest BCUT2D eigenvalue weighted by molar-refractivity contribution is 9.10. The van der Waals surface area contributed by atoms with E-state index in [1.54, 1.807) is 29.9 Å². The second-order valence-corrected chi connectivity index (χ2v) is 11.4. The molecule has 16 heteroatoms. The van der Waals surface area contributed by atoms with E-state index in [-0.39, 0.29) is 6.10 Å². The number of hydrogen-bond donors (Lipinski definition) is 2. The van der Waals surface area contributed by atoms with Crippen molar-refractivity contribution in [2.45, 2.75) is 44.6 Å². The number of aliphatic carboxylic acids is 1. The van der Waals surface area contributed by atoms with Gasteiger partial charge in [0, 0.05) is 42.3 Å². The minimum Gasteiger partial charge on any atom is -0.475 e. The summed E-state index contributed by atoms with van der Waals surface area (Å²) in [5.74, 6) is 0.0915. The minimum atomic E-state index is -5.08. The summed E-state index contributed by atoms with van der Waals surface area (Å²) in [5.41, 5.74) is 0.968. The van der Waals surface area contributed by atoms with Crippen molar-refractivity contribution >= 4 is 55.2 Å². The molecule has 2 N–H and O–H groups in total. The Hall–Kier alpha value is -3.53. The number of aromatic nitrogens is 6. The van der Waals surface area contributed by atoms with E-state index in [1.165, 1.54) is 4.88 Å². The summed E-state index contributed by atoms with van der Waals surface area (Å²) < 4.78 is 41.8. The largest absolute Gasteiger partial charge is 0.490 e. The van der Waals surface area contributed by atoms with Crippen LogP contribution in [0.25, 0.3) is 10.2 Å².